The maximum atomic E-state index is 12.7. The van der Waals surface area contributed by atoms with Crippen molar-refractivity contribution in [1.82, 2.24) is 4.90 Å². The third-order valence-corrected chi connectivity index (χ3v) is 4.66. The van der Waals surface area contributed by atoms with Crippen LogP contribution < -0.4 is 0 Å². The number of hydrogen-bond donors (Lipinski definition) is 0. The second kappa shape index (κ2) is 6.22. The SMILES string of the molecule is O=C(c1cccs1)c1ccccc1C(=O)N1CCCCC1. The first-order valence-corrected chi connectivity index (χ1v) is 8.12. The van der Waals surface area contributed by atoms with Gasteiger partial charge in [-0.3, -0.25) is 9.59 Å². The number of hydrogen-bond acceptors (Lipinski definition) is 3. The molecule has 4 heteroatoms. The van der Waals surface area contributed by atoms with Gasteiger partial charge in [0.05, 0.1) is 10.4 Å². The number of amides is 1. The van der Waals surface area contributed by atoms with Gasteiger partial charge in [0.25, 0.3) is 5.91 Å². The summed E-state index contributed by atoms with van der Waals surface area (Å²) >= 11 is 1.41. The van der Waals surface area contributed by atoms with Crippen molar-refractivity contribution in [3.63, 3.8) is 0 Å². The van der Waals surface area contributed by atoms with E-state index in [-0.39, 0.29) is 11.7 Å². The van der Waals surface area contributed by atoms with Gasteiger partial charge in [-0.2, -0.15) is 0 Å². The van der Waals surface area contributed by atoms with Crippen LogP contribution in [0.4, 0.5) is 0 Å². The zero-order valence-electron chi connectivity index (χ0n) is 11.7. The molecule has 108 valence electrons. The normalized spacial score (nSPS) is 15.0. The summed E-state index contributed by atoms with van der Waals surface area (Å²) in [5.41, 5.74) is 1.04. The Morgan fingerprint density at radius 2 is 1.62 bits per heavy atom. The highest BCUT2D eigenvalue weighted by atomic mass is 32.1. The van der Waals surface area contributed by atoms with E-state index in [4.69, 9.17) is 0 Å². The molecule has 2 heterocycles. The molecule has 0 radical (unpaired) electrons. The third-order valence-electron chi connectivity index (χ3n) is 3.79. The van der Waals surface area contributed by atoms with Crippen LogP contribution in [-0.2, 0) is 0 Å². The number of thiophene rings is 1. The molecule has 3 rings (SSSR count). The number of piperidine rings is 1. The van der Waals surface area contributed by atoms with E-state index in [0.717, 1.165) is 25.9 Å². The van der Waals surface area contributed by atoms with Crippen LogP contribution in [0, 0.1) is 0 Å². The fourth-order valence-corrected chi connectivity index (χ4v) is 3.35. The van der Waals surface area contributed by atoms with E-state index in [1.165, 1.54) is 17.8 Å². The van der Waals surface area contributed by atoms with Gasteiger partial charge in [0.15, 0.2) is 0 Å². The van der Waals surface area contributed by atoms with Crippen LogP contribution in [0.15, 0.2) is 41.8 Å². The molecule has 1 fully saturated rings. The Morgan fingerprint density at radius 3 is 2.29 bits per heavy atom. The summed E-state index contributed by atoms with van der Waals surface area (Å²) in [7, 11) is 0. The third kappa shape index (κ3) is 2.90. The summed E-state index contributed by atoms with van der Waals surface area (Å²) in [5, 5.41) is 1.88. The van der Waals surface area contributed by atoms with E-state index in [2.05, 4.69) is 0 Å². The summed E-state index contributed by atoms with van der Waals surface area (Å²) in [6.07, 6.45) is 3.28. The average Bonchev–Trinajstić information content (AvgIpc) is 3.09. The first kappa shape index (κ1) is 14.0. The van der Waals surface area contributed by atoms with E-state index in [1.54, 1.807) is 18.2 Å². The number of carbonyl (C=O) groups is 2. The van der Waals surface area contributed by atoms with Crippen molar-refractivity contribution in [3.05, 3.63) is 57.8 Å². The standard InChI is InChI=1S/C17H17NO2S/c19-16(15-9-6-12-21-15)13-7-2-3-8-14(13)17(20)18-10-4-1-5-11-18/h2-3,6-9,12H,1,4-5,10-11H2. The largest absolute Gasteiger partial charge is 0.339 e. The molecule has 0 N–H and O–H groups in total. The first-order valence-electron chi connectivity index (χ1n) is 7.24. The van der Waals surface area contributed by atoms with Crippen LogP contribution in [0.5, 0.6) is 0 Å². The highest BCUT2D eigenvalue weighted by Crippen LogP contribution is 2.21. The lowest BCUT2D eigenvalue weighted by Crippen LogP contribution is -2.36. The second-order valence-electron chi connectivity index (χ2n) is 5.20. The van der Waals surface area contributed by atoms with Crippen LogP contribution in [0.1, 0.15) is 44.9 Å². The minimum absolute atomic E-state index is 0.0183. The molecular formula is C17H17NO2S. The Labute approximate surface area is 128 Å². The maximum absolute atomic E-state index is 12.7. The highest BCUT2D eigenvalue weighted by molar-refractivity contribution is 7.12. The molecule has 0 atom stereocenters. The Balaban J connectivity index is 1.92. The van der Waals surface area contributed by atoms with Crippen molar-refractivity contribution in [2.45, 2.75) is 19.3 Å². The lowest BCUT2D eigenvalue weighted by atomic mass is 10.0. The fourth-order valence-electron chi connectivity index (χ4n) is 2.68. The predicted molar refractivity (Wildman–Crippen MR) is 83.9 cm³/mol. The topological polar surface area (TPSA) is 37.4 Å². The number of carbonyl (C=O) groups excluding carboxylic acids is 2. The number of nitrogens with zero attached hydrogens (tertiary/aromatic N) is 1. The van der Waals surface area contributed by atoms with E-state index >= 15 is 0 Å². The number of ketones is 1. The van der Waals surface area contributed by atoms with E-state index in [9.17, 15) is 9.59 Å². The maximum Gasteiger partial charge on any atom is 0.254 e. The molecular weight excluding hydrogens is 282 g/mol. The molecule has 1 amide bonds. The van der Waals surface area contributed by atoms with Gasteiger partial charge < -0.3 is 4.90 Å². The van der Waals surface area contributed by atoms with Crippen molar-refractivity contribution in [2.24, 2.45) is 0 Å². The lowest BCUT2D eigenvalue weighted by molar-refractivity contribution is 0.0720. The van der Waals surface area contributed by atoms with Crippen LogP contribution in [0.3, 0.4) is 0 Å². The summed E-state index contributed by atoms with van der Waals surface area (Å²) in [6, 6.07) is 10.8. The molecule has 1 aromatic carbocycles. The second-order valence-corrected chi connectivity index (χ2v) is 6.15. The Morgan fingerprint density at radius 1 is 0.905 bits per heavy atom. The molecule has 0 spiro atoms. The fraction of sp³-hybridized carbons (Fsp3) is 0.294. The average molecular weight is 299 g/mol. The minimum Gasteiger partial charge on any atom is -0.339 e. The molecule has 1 saturated heterocycles. The van der Waals surface area contributed by atoms with Crippen molar-refractivity contribution < 1.29 is 9.59 Å². The molecule has 1 aliphatic heterocycles. The molecule has 0 aliphatic carbocycles. The van der Waals surface area contributed by atoms with Gasteiger partial charge in [0, 0.05) is 18.7 Å². The molecule has 1 aromatic heterocycles. The van der Waals surface area contributed by atoms with E-state index in [0.29, 0.717) is 16.0 Å². The lowest BCUT2D eigenvalue weighted by Gasteiger charge is -2.27. The first-order chi connectivity index (χ1) is 10.3. The molecule has 0 unspecified atom stereocenters. The Bertz CT molecular complexity index is 643. The zero-order valence-corrected chi connectivity index (χ0v) is 12.6. The van der Waals surface area contributed by atoms with Crippen molar-refractivity contribution in [1.29, 1.82) is 0 Å². The molecule has 1 aliphatic rings. The highest BCUT2D eigenvalue weighted by Gasteiger charge is 2.23. The Kier molecular flexibility index (Phi) is 4.15. The van der Waals surface area contributed by atoms with Gasteiger partial charge in [0.2, 0.25) is 5.78 Å². The molecule has 2 aromatic rings. The van der Waals surface area contributed by atoms with Crippen molar-refractivity contribution in [3.8, 4) is 0 Å². The summed E-state index contributed by atoms with van der Waals surface area (Å²) in [5.74, 6) is -0.0823. The van der Waals surface area contributed by atoms with Gasteiger partial charge in [-0.05, 0) is 36.8 Å². The van der Waals surface area contributed by atoms with Gasteiger partial charge in [-0.15, -0.1) is 11.3 Å². The number of rotatable bonds is 3. The molecule has 21 heavy (non-hydrogen) atoms. The van der Waals surface area contributed by atoms with Gasteiger partial charge >= 0.3 is 0 Å². The van der Waals surface area contributed by atoms with Crippen molar-refractivity contribution in [2.75, 3.05) is 13.1 Å². The molecule has 3 nitrogen and oxygen atoms in total. The molecule has 0 bridgehead atoms. The minimum atomic E-state index is -0.0639. The van der Waals surface area contributed by atoms with Gasteiger partial charge in [-0.25, -0.2) is 0 Å². The van der Waals surface area contributed by atoms with Crippen LogP contribution >= 0.6 is 11.3 Å². The van der Waals surface area contributed by atoms with E-state index < -0.39 is 0 Å². The van der Waals surface area contributed by atoms with Crippen LogP contribution in [0.25, 0.3) is 0 Å². The monoisotopic (exact) mass is 299 g/mol. The zero-order chi connectivity index (χ0) is 14.7. The molecule has 0 saturated carbocycles. The number of likely N-dealkylation sites (tertiary alicyclic amines) is 1. The quantitative estimate of drug-likeness (QED) is 0.812. The smallest absolute Gasteiger partial charge is 0.254 e. The van der Waals surface area contributed by atoms with Gasteiger partial charge in [0.1, 0.15) is 0 Å². The Hall–Kier alpha value is -1.94. The summed E-state index contributed by atoms with van der Waals surface area (Å²) in [4.78, 5) is 27.8. The number of benzene rings is 1. The van der Waals surface area contributed by atoms with Crippen molar-refractivity contribution >= 4 is 23.0 Å². The predicted octanol–water partition coefficient (Wildman–Crippen LogP) is 3.61. The summed E-state index contributed by atoms with van der Waals surface area (Å²) < 4.78 is 0. The van der Waals surface area contributed by atoms with E-state index in [1.807, 2.05) is 28.5 Å². The summed E-state index contributed by atoms with van der Waals surface area (Å²) in [6.45, 7) is 1.58. The van der Waals surface area contributed by atoms with Crippen LogP contribution in [-0.4, -0.2) is 29.7 Å². The van der Waals surface area contributed by atoms with Crippen LogP contribution in [0.2, 0.25) is 0 Å². The van der Waals surface area contributed by atoms with Gasteiger partial charge in [-0.1, -0.05) is 24.3 Å².